The summed E-state index contributed by atoms with van der Waals surface area (Å²) in [5.41, 5.74) is 0. The second-order valence-electron chi connectivity index (χ2n) is 2.78. The van der Waals surface area contributed by atoms with Crippen molar-refractivity contribution in [2.75, 3.05) is 20.1 Å². The lowest BCUT2D eigenvalue weighted by Gasteiger charge is -2.25. The van der Waals surface area contributed by atoms with Crippen molar-refractivity contribution in [1.82, 2.24) is 4.90 Å². The molecule has 3 nitrogen and oxygen atoms in total. The van der Waals surface area contributed by atoms with Crippen molar-refractivity contribution < 1.29 is 10.3 Å². The fraction of sp³-hybridized carbons (Fsp3) is 0.857. The van der Waals surface area contributed by atoms with Crippen molar-refractivity contribution in [1.29, 1.82) is 0 Å². The topological polar surface area (TPSA) is 51.8 Å². The minimum Gasteiger partial charge on any atom is -0.412 e. The van der Waals surface area contributed by atoms with Gasteiger partial charge in [0.2, 0.25) is 0 Å². The van der Waals surface area contributed by atoms with Crippen molar-refractivity contribution >= 4 is 18.7 Å². The van der Waals surface area contributed by atoms with E-state index in [9.17, 15) is 4.79 Å². The first-order chi connectivity index (χ1) is 4.33. The normalized spacial score (nSPS) is 19.7. The summed E-state index contributed by atoms with van der Waals surface area (Å²) in [6, 6.07) is 0. The number of nitrogens with zero attached hydrogens (tertiary/aromatic N) is 1. The van der Waals surface area contributed by atoms with Crippen LogP contribution in [0.25, 0.3) is 0 Å². The average molecular weight is 182 g/mol. The van der Waals surface area contributed by atoms with Crippen molar-refractivity contribution in [2.24, 2.45) is 5.92 Å². The molecule has 1 fully saturated rings. The van der Waals surface area contributed by atoms with Gasteiger partial charge in [-0.15, -0.1) is 12.4 Å². The highest BCUT2D eigenvalue weighted by atomic mass is 35.5. The molecule has 0 aromatic heterocycles. The molecule has 0 radical (unpaired) electrons. The lowest BCUT2D eigenvalue weighted by atomic mass is 9.99. The number of hydrogen-bond acceptors (Lipinski definition) is 2. The number of carbonyl (C=O) groups is 1. The van der Waals surface area contributed by atoms with Crippen molar-refractivity contribution in [2.45, 2.75) is 12.8 Å². The first kappa shape index (κ1) is 13.5. The minimum atomic E-state index is 0. The number of likely N-dealkylation sites (tertiary alicyclic amines) is 1. The molecule has 0 aliphatic carbocycles. The maximum atomic E-state index is 10.2. The first-order valence-corrected chi connectivity index (χ1v) is 3.47. The average Bonchev–Trinajstić information content (AvgIpc) is 1.90. The molecule has 0 amide bonds. The van der Waals surface area contributed by atoms with Crippen LogP contribution in [-0.2, 0) is 4.79 Å². The van der Waals surface area contributed by atoms with Crippen LogP contribution >= 0.6 is 12.4 Å². The number of hydrogen-bond donors (Lipinski definition) is 0. The molecule has 1 rings (SSSR count). The van der Waals surface area contributed by atoms with E-state index in [1.165, 1.54) is 0 Å². The van der Waals surface area contributed by atoms with Gasteiger partial charge in [-0.3, -0.25) is 0 Å². The summed E-state index contributed by atoms with van der Waals surface area (Å²) in [5.74, 6) is 0.348. The number of halogens is 1. The molecular formula is C7H16ClNO2. The van der Waals surface area contributed by atoms with E-state index in [1.807, 2.05) is 0 Å². The van der Waals surface area contributed by atoms with E-state index >= 15 is 0 Å². The SMILES string of the molecule is CN1CCC(C=O)CC1.Cl.O. The van der Waals surface area contributed by atoms with Gasteiger partial charge in [0.1, 0.15) is 6.29 Å². The van der Waals surface area contributed by atoms with Crippen LogP contribution in [0.1, 0.15) is 12.8 Å². The number of rotatable bonds is 1. The highest BCUT2D eigenvalue weighted by molar-refractivity contribution is 5.85. The summed E-state index contributed by atoms with van der Waals surface area (Å²) in [7, 11) is 2.10. The van der Waals surface area contributed by atoms with E-state index in [4.69, 9.17) is 0 Å². The van der Waals surface area contributed by atoms with E-state index in [1.54, 1.807) is 0 Å². The van der Waals surface area contributed by atoms with Gasteiger partial charge in [0, 0.05) is 5.92 Å². The number of piperidine rings is 1. The Labute approximate surface area is 73.5 Å². The molecule has 0 spiro atoms. The Morgan fingerprint density at radius 2 is 1.82 bits per heavy atom. The van der Waals surface area contributed by atoms with Gasteiger partial charge in [0.15, 0.2) is 0 Å². The molecule has 1 saturated heterocycles. The molecule has 1 aliphatic rings. The summed E-state index contributed by atoms with van der Waals surface area (Å²) in [4.78, 5) is 12.5. The predicted molar refractivity (Wildman–Crippen MR) is 47.1 cm³/mol. The van der Waals surface area contributed by atoms with E-state index in [-0.39, 0.29) is 17.9 Å². The monoisotopic (exact) mass is 181 g/mol. The molecular weight excluding hydrogens is 166 g/mol. The van der Waals surface area contributed by atoms with Gasteiger partial charge in [0.25, 0.3) is 0 Å². The quantitative estimate of drug-likeness (QED) is 0.540. The Morgan fingerprint density at radius 1 is 1.36 bits per heavy atom. The van der Waals surface area contributed by atoms with Gasteiger partial charge < -0.3 is 15.2 Å². The Hall–Kier alpha value is -0.120. The van der Waals surface area contributed by atoms with Gasteiger partial charge in [-0.2, -0.15) is 0 Å². The highest BCUT2D eigenvalue weighted by Gasteiger charge is 2.14. The largest absolute Gasteiger partial charge is 0.412 e. The van der Waals surface area contributed by atoms with E-state index < -0.39 is 0 Å². The molecule has 1 heterocycles. The standard InChI is InChI=1S/C7H13NO.ClH.H2O/c1-8-4-2-7(6-9)3-5-8;;/h6-7H,2-5H2,1H3;1H;1H2. The summed E-state index contributed by atoms with van der Waals surface area (Å²) in [6.45, 7) is 2.17. The molecule has 68 valence electrons. The van der Waals surface area contributed by atoms with Crippen LogP contribution in [-0.4, -0.2) is 36.8 Å². The smallest absolute Gasteiger partial charge is 0.123 e. The van der Waals surface area contributed by atoms with Gasteiger partial charge >= 0.3 is 0 Å². The number of aldehydes is 1. The molecule has 1 aliphatic heterocycles. The maximum absolute atomic E-state index is 10.2. The van der Waals surface area contributed by atoms with Crippen molar-refractivity contribution in [3.05, 3.63) is 0 Å². The third-order valence-corrected chi connectivity index (χ3v) is 1.96. The molecule has 0 bridgehead atoms. The van der Waals surface area contributed by atoms with Crippen LogP contribution in [0.15, 0.2) is 0 Å². The second kappa shape index (κ2) is 6.58. The first-order valence-electron chi connectivity index (χ1n) is 3.47. The Bertz CT molecular complexity index is 103. The molecule has 0 atom stereocenters. The Balaban J connectivity index is 0. The van der Waals surface area contributed by atoms with Gasteiger partial charge in [-0.25, -0.2) is 0 Å². The van der Waals surface area contributed by atoms with Crippen molar-refractivity contribution in [3.63, 3.8) is 0 Å². The Morgan fingerprint density at radius 3 is 2.18 bits per heavy atom. The Kier molecular flexibility index (Phi) is 8.06. The molecule has 0 aromatic rings. The zero-order valence-corrected chi connectivity index (χ0v) is 7.56. The molecule has 0 unspecified atom stereocenters. The van der Waals surface area contributed by atoms with Gasteiger partial charge in [-0.1, -0.05) is 0 Å². The van der Waals surface area contributed by atoms with Crippen LogP contribution in [0.5, 0.6) is 0 Å². The van der Waals surface area contributed by atoms with E-state index in [0.717, 1.165) is 32.2 Å². The van der Waals surface area contributed by atoms with E-state index in [0.29, 0.717) is 5.92 Å². The van der Waals surface area contributed by atoms with E-state index in [2.05, 4.69) is 11.9 Å². The van der Waals surface area contributed by atoms with Crippen LogP contribution < -0.4 is 0 Å². The lowest BCUT2D eigenvalue weighted by Crippen LogP contribution is -2.30. The molecule has 2 N–H and O–H groups in total. The molecule has 0 aromatic carbocycles. The fourth-order valence-electron chi connectivity index (χ4n) is 1.16. The molecule has 11 heavy (non-hydrogen) atoms. The van der Waals surface area contributed by atoms with Gasteiger partial charge in [0.05, 0.1) is 0 Å². The highest BCUT2D eigenvalue weighted by Crippen LogP contribution is 2.12. The van der Waals surface area contributed by atoms with Crippen LogP contribution in [0.4, 0.5) is 0 Å². The lowest BCUT2D eigenvalue weighted by molar-refractivity contribution is -0.112. The van der Waals surface area contributed by atoms with Crippen LogP contribution in [0, 0.1) is 5.92 Å². The minimum absolute atomic E-state index is 0. The summed E-state index contributed by atoms with van der Waals surface area (Å²) in [5, 5.41) is 0. The fourth-order valence-corrected chi connectivity index (χ4v) is 1.16. The summed E-state index contributed by atoms with van der Waals surface area (Å²) < 4.78 is 0. The summed E-state index contributed by atoms with van der Waals surface area (Å²) in [6.07, 6.45) is 3.20. The number of carbonyl (C=O) groups excluding carboxylic acids is 1. The van der Waals surface area contributed by atoms with Crippen molar-refractivity contribution in [3.8, 4) is 0 Å². The van der Waals surface area contributed by atoms with Crippen LogP contribution in [0.3, 0.4) is 0 Å². The second-order valence-corrected chi connectivity index (χ2v) is 2.78. The molecule has 4 heteroatoms. The van der Waals surface area contributed by atoms with Gasteiger partial charge in [-0.05, 0) is 33.0 Å². The molecule has 0 saturated carbocycles. The third kappa shape index (κ3) is 4.35. The van der Waals surface area contributed by atoms with Crippen LogP contribution in [0.2, 0.25) is 0 Å². The zero-order valence-electron chi connectivity index (χ0n) is 6.75. The summed E-state index contributed by atoms with van der Waals surface area (Å²) >= 11 is 0. The third-order valence-electron chi connectivity index (χ3n) is 1.96. The maximum Gasteiger partial charge on any atom is 0.123 e. The predicted octanol–water partition coefficient (Wildman–Crippen LogP) is 0.124. The zero-order chi connectivity index (χ0) is 6.69.